The molecule has 1 aliphatic rings. The molecule has 0 aromatic heterocycles. The van der Waals surface area contributed by atoms with Crippen LogP contribution < -0.4 is 0 Å². The van der Waals surface area contributed by atoms with E-state index in [4.69, 9.17) is 16.7 Å². The average molecular weight is 296 g/mol. The third-order valence-electron chi connectivity index (χ3n) is 3.38. The summed E-state index contributed by atoms with van der Waals surface area (Å²) in [7, 11) is 0. The van der Waals surface area contributed by atoms with Crippen LogP contribution in [0.1, 0.15) is 31.2 Å². The van der Waals surface area contributed by atoms with Crippen molar-refractivity contribution in [3.05, 3.63) is 34.9 Å². The molecule has 0 saturated heterocycles. The fourth-order valence-corrected chi connectivity index (χ4v) is 2.32. The van der Waals surface area contributed by atoms with Crippen molar-refractivity contribution in [2.75, 3.05) is 6.54 Å². The molecule has 1 amide bonds. The third kappa shape index (κ3) is 4.53. The number of carboxylic acid groups (broad SMARTS) is 1. The highest BCUT2D eigenvalue weighted by Crippen LogP contribution is 2.27. The van der Waals surface area contributed by atoms with Gasteiger partial charge in [-0.25, -0.2) is 0 Å². The van der Waals surface area contributed by atoms with Crippen LogP contribution in [0.25, 0.3) is 0 Å². The molecular formula is C15H18ClNO3. The first-order valence-electron chi connectivity index (χ1n) is 6.82. The fourth-order valence-electron chi connectivity index (χ4n) is 2.19. The van der Waals surface area contributed by atoms with Crippen LogP contribution >= 0.6 is 11.6 Å². The molecular weight excluding hydrogens is 278 g/mol. The maximum absolute atomic E-state index is 12.0. The van der Waals surface area contributed by atoms with Gasteiger partial charge in [0, 0.05) is 17.5 Å². The second kappa shape index (κ2) is 6.75. The Bertz CT molecular complexity index is 482. The number of aliphatic carboxylic acids is 1. The normalized spacial score (nSPS) is 14.1. The first-order chi connectivity index (χ1) is 9.56. The zero-order valence-electron chi connectivity index (χ0n) is 11.2. The second-order valence-corrected chi connectivity index (χ2v) is 5.56. The summed E-state index contributed by atoms with van der Waals surface area (Å²) < 4.78 is 0. The van der Waals surface area contributed by atoms with Crippen molar-refractivity contribution in [1.82, 2.24) is 4.90 Å². The highest BCUT2D eigenvalue weighted by Gasteiger charge is 2.33. The van der Waals surface area contributed by atoms with E-state index in [0.717, 1.165) is 31.2 Å². The van der Waals surface area contributed by atoms with Crippen molar-refractivity contribution < 1.29 is 14.7 Å². The Labute approximate surface area is 123 Å². The highest BCUT2D eigenvalue weighted by molar-refractivity contribution is 6.30. The summed E-state index contributed by atoms with van der Waals surface area (Å²) >= 11 is 5.81. The number of carbonyl (C=O) groups excluding carboxylic acids is 1. The van der Waals surface area contributed by atoms with Crippen LogP contribution in [0.5, 0.6) is 0 Å². The van der Waals surface area contributed by atoms with E-state index in [1.165, 1.54) is 4.90 Å². The quantitative estimate of drug-likeness (QED) is 0.841. The number of hydrogen-bond donors (Lipinski definition) is 1. The minimum absolute atomic E-state index is 0.0520. The van der Waals surface area contributed by atoms with Gasteiger partial charge in [-0.2, -0.15) is 0 Å². The molecule has 1 aliphatic carbocycles. The van der Waals surface area contributed by atoms with Gasteiger partial charge in [-0.05, 0) is 43.4 Å². The van der Waals surface area contributed by atoms with Crippen LogP contribution in [0.2, 0.25) is 5.02 Å². The van der Waals surface area contributed by atoms with Gasteiger partial charge in [-0.3, -0.25) is 9.59 Å². The predicted molar refractivity (Wildman–Crippen MR) is 76.8 cm³/mol. The van der Waals surface area contributed by atoms with Crippen LogP contribution in [0.15, 0.2) is 24.3 Å². The van der Waals surface area contributed by atoms with Gasteiger partial charge in [0.1, 0.15) is 6.54 Å². The maximum atomic E-state index is 12.0. The van der Waals surface area contributed by atoms with Crippen LogP contribution in [0, 0.1) is 0 Å². The largest absolute Gasteiger partial charge is 0.480 e. The van der Waals surface area contributed by atoms with Crippen molar-refractivity contribution in [3.63, 3.8) is 0 Å². The average Bonchev–Trinajstić information content (AvgIpc) is 3.22. The first-order valence-corrected chi connectivity index (χ1v) is 7.20. The monoisotopic (exact) mass is 295 g/mol. The number of carboxylic acids is 1. The number of benzene rings is 1. The lowest BCUT2D eigenvalue weighted by atomic mass is 10.1. The minimum Gasteiger partial charge on any atom is -0.480 e. The number of halogens is 1. The van der Waals surface area contributed by atoms with Gasteiger partial charge in [0.2, 0.25) is 5.91 Å². The molecule has 0 unspecified atom stereocenters. The van der Waals surface area contributed by atoms with Crippen molar-refractivity contribution >= 4 is 23.5 Å². The molecule has 0 spiro atoms. The van der Waals surface area contributed by atoms with Crippen LogP contribution in [0.4, 0.5) is 0 Å². The topological polar surface area (TPSA) is 57.6 Å². The summed E-state index contributed by atoms with van der Waals surface area (Å²) in [6, 6.07) is 7.71. The van der Waals surface area contributed by atoms with Gasteiger partial charge in [-0.1, -0.05) is 23.7 Å². The summed E-state index contributed by atoms with van der Waals surface area (Å²) in [6.45, 7) is -0.176. The van der Waals surface area contributed by atoms with E-state index in [-0.39, 0.29) is 18.5 Å². The number of carbonyl (C=O) groups is 2. The zero-order chi connectivity index (χ0) is 14.5. The van der Waals surface area contributed by atoms with Crippen molar-refractivity contribution in [3.8, 4) is 0 Å². The molecule has 0 bridgehead atoms. The molecule has 20 heavy (non-hydrogen) atoms. The lowest BCUT2D eigenvalue weighted by Crippen LogP contribution is -2.37. The first kappa shape index (κ1) is 14.9. The molecule has 2 rings (SSSR count). The van der Waals surface area contributed by atoms with Gasteiger partial charge in [0.25, 0.3) is 0 Å². The summed E-state index contributed by atoms with van der Waals surface area (Å²) in [5.74, 6) is -0.994. The number of nitrogens with zero attached hydrogens (tertiary/aromatic N) is 1. The molecule has 5 heteroatoms. The van der Waals surface area contributed by atoms with E-state index in [0.29, 0.717) is 11.4 Å². The summed E-state index contributed by atoms with van der Waals surface area (Å²) in [5, 5.41) is 9.53. The predicted octanol–water partition coefficient (Wildman–Crippen LogP) is 2.74. The Balaban J connectivity index is 1.78. The van der Waals surface area contributed by atoms with Crippen LogP contribution in [-0.2, 0) is 16.0 Å². The molecule has 1 aromatic carbocycles. The van der Waals surface area contributed by atoms with E-state index in [1.807, 2.05) is 24.3 Å². The van der Waals surface area contributed by atoms with E-state index in [2.05, 4.69) is 0 Å². The van der Waals surface area contributed by atoms with Gasteiger partial charge in [-0.15, -0.1) is 0 Å². The number of hydrogen-bond acceptors (Lipinski definition) is 2. The summed E-state index contributed by atoms with van der Waals surface area (Å²) in [5.41, 5.74) is 1.14. The molecule has 1 N–H and O–H groups in total. The molecule has 0 aliphatic heterocycles. The summed E-state index contributed by atoms with van der Waals surface area (Å²) in [4.78, 5) is 24.3. The maximum Gasteiger partial charge on any atom is 0.323 e. The Morgan fingerprint density at radius 1 is 1.25 bits per heavy atom. The van der Waals surface area contributed by atoms with Gasteiger partial charge >= 0.3 is 5.97 Å². The van der Waals surface area contributed by atoms with E-state index >= 15 is 0 Å². The van der Waals surface area contributed by atoms with Crippen LogP contribution in [-0.4, -0.2) is 34.5 Å². The number of amides is 1. The Morgan fingerprint density at radius 3 is 2.45 bits per heavy atom. The lowest BCUT2D eigenvalue weighted by Gasteiger charge is -2.20. The number of rotatable bonds is 7. The minimum atomic E-state index is -0.942. The Kier molecular flexibility index (Phi) is 5.01. The van der Waals surface area contributed by atoms with E-state index in [9.17, 15) is 9.59 Å². The van der Waals surface area contributed by atoms with Crippen molar-refractivity contribution in [1.29, 1.82) is 0 Å². The smallest absolute Gasteiger partial charge is 0.323 e. The van der Waals surface area contributed by atoms with Crippen molar-refractivity contribution in [2.24, 2.45) is 0 Å². The molecule has 108 valence electrons. The molecule has 4 nitrogen and oxygen atoms in total. The SMILES string of the molecule is O=C(O)CN(C(=O)CCCc1ccc(Cl)cc1)C1CC1. The molecule has 1 fully saturated rings. The second-order valence-electron chi connectivity index (χ2n) is 5.13. The van der Waals surface area contributed by atoms with E-state index in [1.54, 1.807) is 0 Å². The molecule has 0 heterocycles. The van der Waals surface area contributed by atoms with E-state index < -0.39 is 5.97 Å². The lowest BCUT2D eigenvalue weighted by molar-refractivity contribution is -0.144. The Hall–Kier alpha value is -1.55. The number of aryl methyl sites for hydroxylation is 1. The molecule has 1 aromatic rings. The van der Waals surface area contributed by atoms with Gasteiger partial charge in [0.05, 0.1) is 0 Å². The Morgan fingerprint density at radius 2 is 1.90 bits per heavy atom. The highest BCUT2D eigenvalue weighted by atomic mass is 35.5. The van der Waals surface area contributed by atoms with Crippen molar-refractivity contribution in [2.45, 2.75) is 38.1 Å². The zero-order valence-corrected chi connectivity index (χ0v) is 12.0. The van der Waals surface area contributed by atoms with Crippen LogP contribution in [0.3, 0.4) is 0 Å². The standard InChI is InChI=1S/C15H18ClNO3/c16-12-6-4-11(5-7-12)2-1-3-14(18)17(10-15(19)20)13-8-9-13/h4-7,13H,1-3,8-10H2,(H,19,20). The molecule has 0 atom stereocenters. The molecule has 1 saturated carbocycles. The summed E-state index contributed by atoms with van der Waals surface area (Å²) in [6.07, 6.45) is 3.77. The molecule has 0 radical (unpaired) electrons. The van der Waals surface area contributed by atoms with Gasteiger partial charge < -0.3 is 10.0 Å². The van der Waals surface area contributed by atoms with Gasteiger partial charge in [0.15, 0.2) is 0 Å². The third-order valence-corrected chi connectivity index (χ3v) is 3.63. The fraction of sp³-hybridized carbons (Fsp3) is 0.467.